The third-order valence-electron chi connectivity index (χ3n) is 3.13. The summed E-state index contributed by atoms with van der Waals surface area (Å²) in [5.74, 6) is 0.326. The summed E-state index contributed by atoms with van der Waals surface area (Å²) in [6, 6.07) is 7.29. The maximum Gasteiger partial charge on any atom is 0.371 e. The van der Waals surface area contributed by atoms with Gasteiger partial charge in [0.1, 0.15) is 11.5 Å². The van der Waals surface area contributed by atoms with Gasteiger partial charge in [0.15, 0.2) is 0 Å². The Balaban J connectivity index is 2.10. The Morgan fingerprint density at radius 3 is 2.65 bits per heavy atom. The topological polar surface area (TPSA) is 71.7 Å². The standard InChI is InChI=1S/C15H17NO4/c1-9-6-12(19-3)4-5-13(9)16-8-11-7-14(15(17)18)20-10(11)2/h4-7,16H,8H2,1-3H3,(H,17,18). The van der Waals surface area contributed by atoms with E-state index in [9.17, 15) is 4.79 Å². The van der Waals surface area contributed by atoms with Crippen LogP contribution in [-0.4, -0.2) is 18.2 Å². The van der Waals surface area contributed by atoms with E-state index >= 15 is 0 Å². The second kappa shape index (κ2) is 5.69. The van der Waals surface area contributed by atoms with Crippen LogP contribution < -0.4 is 10.1 Å². The number of aryl methyl sites for hydroxylation is 2. The zero-order chi connectivity index (χ0) is 14.7. The van der Waals surface area contributed by atoms with Gasteiger partial charge < -0.3 is 19.6 Å². The van der Waals surface area contributed by atoms with Gasteiger partial charge in [-0.1, -0.05) is 0 Å². The molecule has 0 saturated heterocycles. The fraction of sp³-hybridized carbons (Fsp3) is 0.267. The van der Waals surface area contributed by atoms with E-state index in [1.165, 1.54) is 0 Å². The van der Waals surface area contributed by atoms with E-state index in [0.29, 0.717) is 12.3 Å². The van der Waals surface area contributed by atoms with E-state index in [1.807, 2.05) is 25.1 Å². The van der Waals surface area contributed by atoms with E-state index in [-0.39, 0.29) is 5.76 Å². The number of hydrogen-bond donors (Lipinski definition) is 2. The molecular weight excluding hydrogens is 258 g/mol. The number of rotatable bonds is 5. The van der Waals surface area contributed by atoms with Crippen LogP contribution in [0.4, 0.5) is 5.69 Å². The van der Waals surface area contributed by atoms with Gasteiger partial charge in [-0.15, -0.1) is 0 Å². The van der Waals surface area contributed by atoms with Crippen molar-refractivity contribution in [3.8, 4) is 5.75 Å². The first-order valence-corrected chi connectivity index (χ1v) is 6.22. The molecule has 0 unspecified atom stereocenters. The SMILES string of the molecule is COc1ccc(NCc2cc(C(=O)O)oc2C)c(C)c1. The zero-order valence-electron chi connectivity index (χ0n) is 11.7. The number of benzene rings is 1. The van der Waals surface area contributed by atoms with Crippen LogP contribution in [0.2, 0.25) is 0 Å². The monoisotopic (exact) mass is 275 g/mol. The lowest BCUT2D eigenvalue weighted by Gasteiger charge is -2.10. The fourth-order valence-corrected chi connectivity index (χ4v) is 1.95. The Kier molecular flexibility index (Phi) is 3.98. The van der Waals surface area contributed by atoms with Crippen molar-refractivity contribution in [2.75, 3.05) is 12.4 Å². The van der Waals surface area contributed by atoms with Gasteiger partial charge in [0.2, 0.25) is 5.76 Å². The van der Waals surface area contributed by atoms with E-state index in [4.69, 9.17) is 14.3 Å². The number of aromatic carboxylic acids is 1. The summed E-state index contributed by atoms with van der Waals surface area (Å²) in [6.45, 7) is 4.25. The molecule has 0 aliphatic heterocycles. The van der Waals surface area contributed by atoms with Gasteiger partial charge in [-0.2, -0.15) is 0 Å². The van der Waals surface area contributed by atoms with E-state index in [1.54, 1.807) is 20.1 Å². The van der Waals surface area contributed by atoms with Gasteiger partial charge in [0.25, 0.3) is 0 Å². The van der Waals surface area contributed by atoms with Gasteiger partial charge in [-0.05, 0) is 43.7 Å². The van der Waals surface area contributed by atoms with Crippen molar-refractivity contribution < 1.29 is 19.1 Å². The highest BCUT2D eigenvalue weighted by Crippen LogP contribution is 2.22. The lowest BCUT2D eigenvalue weighted by Crippen LogP contribution is -2.01. The maximum atomic E-state index is 10.8. The van der Waals surface area contributed by atoms with Crippen molar-refractivity contribution in [2.24, 2.45) is 0 Å². The van der Waals surface area contributed by atoms with Crippen LogP contribution in [0.3, 0.4) is 0 Å². The Morgan fingerprint density at radius 1 is 1.35 bits per heavy atom. The quantitative estimate of drug-likeness (QED) is 0.876. The summed E-state index contributed by atoms with van der Waals surface area (Å²) in [5.41, 5.74) is 2.87. The summed E-state index contributed by atoms with van der Waals surface area (Å²) in [4.78, 5) is 10.8. The lowest BCUT2D eigenvalue weighted by atomic mass is 10.1. The predicted octanol–water partition coefficient (Wildman–Crippen LogP) is 3.22. The number of furan rings is 1. The number of carbonyl (C=O) groups is 1. The minimum Gasteiger partial charge on any atom is -0.497 e. The Bertz CT molecular complexity index is 631. The van der Waals surface area contributed by atoms with E-state index in [2.05, 4.69) is 5.32 Å². The smallest absolute Gasteiger partial charge is 0.371 e. The second-order valence-corrected chi connectivity index (χ2v) is 4.53. The van der Waals surface area contributed by atoms with Crippen molar-refractivity contribution in [3.63, 3.8) is 0 Å². The van der Waals surface area contributed by atoms with Crippen LogP contribution in [0, 0.1) is 13.8 Å². The van der Waals surface area contributed by atoms with Crippen molar-refractivity contribution in [1.82, 2.24) is 0 Å². The molecule has 20 heavy (non-hydrogen) atoms. The molecule has 2 rings (SSSR count). The molecule has 0 atom stereocenters. The molecule has 1 heterocycles. The Morgan fingerprint density at radius 2 is 2.10 bits per heavy atom. The third-order valence-corrected chi connectivity index (χ3v) is 3.13. The number of nitrogens with one attached hydrogen (secondary N) is 1. The van der Waals surface area contributed by atoms with Crippen LogP contribution in [0.15, 0.2) is 28.7 Å². The molecule has 0 fully saturated rings. The molecule has 0 spiro atoms. The molecule has 0 aliphatic rings. The molecule has 2 N–H and O–H groups in total. The highest BCUT2D eigenvalue weighted by molar-refractivity contribution is 5.84. The molecule has 0 amide bonds. The number of hydrogen-bond acceptors (Lipinski definition) is 4. The van der Waals surface area contributed by atoms with E-state index in [0.717, 1.165) is 22.6 Å². The first-order valence-electron chi connectivity index (χ1n) is 6.22. The largest absolute Gasteiger partial charge is 0.497 e. The van der Waals surface area contributed by atoms with Crippen LogP contribution in [0.5, 0.6) is 5.75 Å². The molecule has 5 nitrogen and oxygen atoms in total. The molecule has 1 aromatic heterocycles. The summed E-state index contributed by atoms with van der Waals surface area (Å²) in [6.07, 6.45) is 0. The minimum atomic E-state index is -1.06. The summed E-state index contributed by atoms with van der Waals surface area (Å²) in [5, 5.41) is 12.1. The highest BCUT2D eigenvalue weighted by atomic mass is 16.5. The van der Waals surface area contributed by atoms with Gasteiger partial charge in [-0.3, -0.25) is 0 Å². The van der Waals surface area contributed by atoms with Crippen molar-refractivity contribution in [3.05, 3.63) is 46.9 Å². The molecule has 5 heteroatoms. The number of ether oxygens (including phenoxy) is 1. The van der Waals surface area contributed by atoms with Crippen LogP contribution in [0.25, 0.3) is 0 Å². The minimum absolute atomic E-state index is 0.0363. The first kappa shape index (κ1) is 14.0. The molecule has 106 valence electrons. The zero-order valence-corrected chi connectivity index (χ0v) is 11.7. The first-order chi connectivity index (χ1) is 9.51. The van der Waals surface area contributed by atoms with Crippen molar-refractivity contribution in [2.45, 2.75) is 20.4 Å². The Labute approximate surface area is 117 Å². The Hall–Kier alpha value is -2.43. The number of carboxylic acid groups (broad SMARTS) is 1. The summed E-state index contributed by atoms with van der Waals surface area (Å²) < 4.78 is 10.3. The van der Waals surface area contributed by atoms with Gasteiger partial charge in [0, 0.05) is 17.8 Å². The number of anilines is 1. The normalized spacial score (nSPS) is 10.3. The molecule has 0 radical (unpaired) electrons. The van der Waals surface area contributed by atoms with Crippen molar-refractivity contribution in [1.29, 1.82) is 0 Å². The maximum absolute atomic E-state index is 10.8. The van der Waals surface area contributed by atoms with Crippen LogP contribution >= 0.6 is 0 Å². The molecule has 0 saturated carbocycles. The average molecular weight is 275 g/mol. The third kappa shape index (κ3) is 2.93. The molecule has 1 aromatic carbocycles. The van der Waals surface area contributed by atoms with Crippen LogP contribution in [-0.2, 0) is 6.54 Å². The average Bonchev–Trinajstić information content (AvgIpc) is 2.79. The summed E-state index contributed by atoms with van der Waals surface area (Å²) in [7, 11) is 1.63. The summed E-state index contributed by atoms with van der Waals surface area (Å²) >= 11 is 0. The number of carboxylic acids is 1. The van der Waals surface area contributed by atoms with E-state index < -0.39 is 5.97 Å². The fourth-order valence-electron chi connectivity index (χ4n) is 1.95. The lowest BCUT2D eigenvalue weighted by molar-refractivity contribution is 0.0661. The molecule has 0 bridgehead atoms. The second-order valence-electron chi connectivity index (χ2n) is 4.53. The van der Waals surface area contributed by atoms with Crippen molar-refractivity contribution >= 4 is 11.7 Å². The molecule has 0 aliphatic carbocycles. The van der Waals surface area contributed by atoms with Gasteiger partial charge in [0.05, 0.1) is 7.11 Å². The molecule has 2 aromatic rings. The molecular formula is C15H17NO4. The number of methoxy groups -OCH3 is 1. The van der Waals surface area contributed by atoms with Gasteiger partial charge in [-0.25, -0.2) is 4.79 Å². The highest BCUT2D eigenvalue weighted by Gasteiger charge is 2.13. The van der Waals surface area contributed by atoms with Crippen LogP contribution in [0.1, 0.15) is 27.4 Å². The predicted molar refractivity (Wildman–Crippen MR) is 75.5 cm³/mol. The van der Waals surface area contributed by atoms with Gasteiger partial charge >= 0.3 is 5.97 Å².